The predicted molar refractivity (Wildman–Crippen MR) is 103 cm³/mol. The second kappa shape index (κ2) is 9.18. The average molecular weight is 402 g/mol. The molecule has 1 aliphatic heterocycles. The van der Waals surface area contributed by atoms with E-state index >= 15 is 0 Å². The first-order valence-corrected chi connectivity index (χ1v) is 8.97. The van der Waals surface area contributed by atoms with Crippen molar-refractivity contribution >= 4 is 11.8 Å². The monoisotopic (exact) mass is 402 g/mol. The first-order valence-electron chi connectivity index (χ1n) is 8.97. The van der Waals surface area contributed by atoms with Gasteiger partial charge in [-0.25, -0.2) is 4.79 Å². The summed E-state index contributed by atoms with van der Waals surface area (Å²) in [6, 6.07) is 7.83. The van der Waals surface area contributed by atoms with Crippen LogP contribution in [0.3, 0.4) is 0 Å². The third kappa shape index (κ3) is 4.53. The van der Waals surface area contributed by atoms with Gasteiger partial charge in [-0.1, -0.05) is 0 Å². The number of benzene rings is 2. The fourth-order valence-electron chi connectivity index (χ4n) is 2.82. The minimum Gasteiger partial charge on any atom is -0.496 e. The number of ketones is 1. The Morgan fingerprint density at radius 1 is 0.862 bits per heavy atom. The molecule has 0 aliphatic carbocycles. The van der Waals surface area contributed by atoms with Gasteiger partial charge in [0.05, 0.1) is 34.5 Å². The van der Waals surface area contributed by atoms with Crippen molar-refractivity contribution < 1.29 is 38.0 Å². The van der Waals surface area contributed by atoms with Crippen LogP contribution in [0.25, 0.3) is 0 Å². The molecule has 0 fully saturated rings. The van der Waals surface area contributed by atoms with Gasteiger partial charge in [0, 0.05) is 24.1 Å². The van der Waals surface area contributed by atoms with Gasteiger partial charge < -0.3 is 28.4 Å². The lowest BCUT2D eigenvalue weighted by Gasteiger charge is -2.13. The predicted octanol–water partition coefficient (Wildman–Crippen LogP) is 2.91. The SMILES string of the molecule is COc1cc(OC)c(C(=O)OCC(=O)c2ccc3c(c2)OCCCO3)cc1OC. The van der Waals surface area contributed by atoms with Crippen molar-refractivity contribution in [2.45, 2.75) is 6.42 Å². The number of rotatable bonds is 7. The van der Waals surface area contributed by atoms with Crippen LogP contribution in [0.5, 0.6) is 28.7 Å². The zero-order valence-electron chi connectivity index (χ0n) is 16.5. The van der Waals surface area contributed by atoms with Crippen LogP contribution < -0.4 is 23.7 Å². The molecule has 2 aromatic carbocycles. The van der Waals surface area contributed by atoms with E-state index in [1.54, 1.807) is 18.2 Å². The molecule has 0 unspecified atom stereocenters. The Morgan fingerprint density at radius 2 is 1.52 bits per heavy atom. The van der Waals surface area contributed by atoms with Gasteiger partial charge in [0.2, 0.25) is 0 Å². The summed E-state index contributed by atoms with van der Waals surface area (Å²) in [6.45, 7) is 0.639. The molecule has 0 bridgehead atoms. The van der Waals surface area contributed by atoms with Gasteiger partial charge in [-0.3, -0.25) is 4.79 Å². The molecule has 3 rings (SSSR count). The van der Waals surface area contributed by atoms with Gasteiger partial charge >= 0.3 is 5.97 Å². The molecule has 0 N–H and O–H groups in total. The highest BCUT2D eigenvalue weighted by Crippen LogP contribution is 2.35. The molecule has 0 spiro atoms. The first kappa shape index (κ1) is 20.3. The Morgan fingerprint density at radius 3 is 2.21 bits per heavy atom. The van der Waals surface area contributed by atoms with Gasteiger partial charge in [-0.05, 0) is 18.2 Å². The number of fused-ring (bicyclic) bond motifs is 1. The van der Waals surface area contributed by atoms with Crippen LogP contribution in [-0.2, 0) is 4.74 Å². The Balaban J connectivity index is 1.72. The number of Topliss-reactive ketones (excluding diaryl/α,β-unsaturated/α-hetero) is 1. The van der Waals surface area contributed by atoms with Crippen LogP contribution in [0.4, 0.5) is 0 Å². The normalized spacial score (nSPS) is 12.5. The fourth-order valence-corrected chi connectivity index (χ4v) is 2.82. The third-order valence-corrected chi connectivity index (χ3v) is 4.33. The van der Waals surface area contributed by atoms with Gasteiger partial charge in [-0.15, -0.1) is 0 Å². The van der Waals surface area contributed by atoms with Crippen molar-refractivity contribution in [1.29, 1.82) is 0 Å². The largest absolute Gasteiger partial charge is 0.496 e. The molecule has 0 saturated carbocycles. The first-order chi connectivity index (χ1) is 14.1. The molecular weight excluding hydrogens is 380 g/mol. The maximum absolute atomic E-state index is 12.5. The Kier molecular flexibility index (Phi) is 6.43. The highest BCUT2D eigenvalue weighted by atomic mass is 16.5. The van der Waals surface area contributed by atoms with E-state index in [0.29, 0.717) is 41.8 Å². The molecule has 0 saturated heterocycles. The van der Waals surface area contributed by atoms with Crippen molar-refractivity contribution in [1.82, 2.24) is 0 Å². The summed E-state index contributed by atoms with van der Waals surface area (Å²) in [4.78, 5) is 25.0. The Labute approximate surface area is 168 Å². The topological polar surface area (TPSA) is 89.5 Å². The average Bonchev–Trinajstić information content (AvgIpc) is 3.00. The molecule has 8 nitrogen and oxygen atoms in total. The molecule has 1 heterocycles. The summed E-state index contributed by atoms with van der Waals surface area (Å²) >= 11 is 0. The van der Waals surface area contributed by atoms with E-state index in [-0.39, 0.29) is 17.1 Å². The number of hydrogen-bond acceptors (Lipinski definition) is 8. The van der Waals surface area contributed by atoms with Crippen molar-refractivity contribution in [3.05, 3.63) is 41.5 Å². The van der Waals surface area contributed by atoms with Gasteiger partial charge in [0.1, 0.15) is 11.3 Å². The number of carbonyl (C=O) groups is 2. The molecule has 0 aromatic heterocycles. The number of hydrogen-bond donors (Lipinski definition) is 0. The van der Waals surface area contributed by atoms with E-state index in [0.717, 1.165) is 6.42 Å². The standard InChI is InChI=1S/C21H22O8/c1-24-17-11-19(26-3)18(25-2)10-14(17)21(23)29-12-15(22)13-5-6-16-20(9-13)28-8-4-7-27-16/h5-6,9-11H,4,7-8,12H2,1-3H3. The van der Waals surface area contributed by atoms with Crippen molar-refractivity contribution in [3.8, 4) is 28.7 Å². The zero-order chi connectivity index (χ0) is 20.8. The molecule has 0 atom stereocenters. The van der Waals surface area contributed by atoms with E-state index < -0.39 is 12.6 Å². The van der Waals surface area contributed by atoms with E-state index in [1.165, 1.54) is 33.5 Å². The van der Waals surface area contributed by atoms with Gasteiger partial charge in [-0.2, -0.15) is 0 Å². The molecule has 0 radical (unpaired) electrons. The maximum atomic E-state index is 12.5. The summed E-state index contributed by atoms with van der Waals surface area (Å²) in [6.07, 6.45) is 0.767. The Bertz CT molecular complexity index is 906. The molecule has 1 aliphatic rings. The molecule has 154 valence electrons. The van der Waals surface area contributed by atoms with Crippen molar-refractivity contribution in [2.75, 3.05) is 41.2 Å². The van der Waals surface area contributed by atoms with Crippen LogP contribution >= 0.6 is 0 Å². The van der Waals surface area contributed by atoms with Crippen LogP contribution in [0.15, 0.2) is 30.3 Å². The van der Waals surface area contributed by atoms with Crippen LogP contribution in [0.1, 0.15) is 27.1 Å². The summed E-state index contributed by atoms with van der Waals surface area (Å²) in [7, 11) is 4.34. The number of carbonyl (C=O) groups excluding carboxylic acids is 2. The maximum Gasteiger partial charge on any atom is 0.342 e. The van der Waals surface area contributed by atoms with E-state index in [4.69, 9.17) is 28.4 Å². The number of ether oxygens (including phenoxy) is 6. The molecule has 29 heavy (non-hydrogen) atoms. The molecule has 8 heteroatoms. The summed E-state index contributed by atoms with van der Waals surface area (Å²) in [5.74, 6) is 1.00. The zero-order valence-corrected chi connectivity index (χ0v) is 16.5. The van der Waals surface area contributed by atoms with Crippen LogP contribution in [0.2, 0.25) is 0 Å². The minimum atomic E-state index is -0.717. The highest BCUT2D eigenvalue weighted by Gasteiger charge is 2.21. The summed E-state index contributed by atoms with van der Waals surface area (Å²) in [5, 5.41) is 0. The third-order valence-electron chi connectivity index (χ3n) is 4.33. The summed E-state index contributed by atoms with van der Waals surface area (Å²) in [5.41, 5.74) is 0.484. The second-order valence-electron chi connectivity index (χ2n) is 6.12. The van der Waals surface area contributed by atoms with E-state index in [9.17, 15) is 9.59 Å². The number of esters is 1. The van der Waals surface area contributed by atoms with Crippen LogP contribution in [-0.4, -0.2) is 52.9 Å². The summed E-state index contributed by atoms with van der Waals surface area (Å²) < 4.78 is 31.9. The van der Waals surface area contributed by atoms with Gasteiger partial charge in [0.15, 0.2) is 35.4 Å². The lowest BCUT2D eigenvalue weighted by Crippen LogP contribution is -2.15. The lowest BCUT2D eigenvalue weighted by atomic mass is 10.1. The van der Waals surface area contributed by atoms with Crippen molar-refractivity contribution in [3.63, 3.8) is 0 Å². The van der Waals surface area contributed by atoms with E-state index in [1.807, 2.05) is 0 Å². The molecule has 0 amide bonds. The highest BCUT2D eigenvalue weighted by molar-refractivity contribution is 6.00. The smallest absolute Gasteiger partial charge is 0.342 e. The quantitative estimate of drug-likeness (QED) is 0.516. The fraction of sp³-hybridized carbons (Fsp3) is 0.333. The molecule has 2 aromatic rings. The van der Waals surface area contributed by atoms with Gasteiger partial charge in [0.25, 0.3) is 0 Å². The van der Waals surface area contributed by atoms with Crippen molar-refractivity contribution in [2.24, 2.45) is 0 Å². The minimum absolute atomic E-state index is 0.122. The van der Waals surface area contributed by atoms with E-state index in [2.05, 4.69) is 0 Å². The second-order valence-corrected chi connectivity index (χ2v) is 6.12. The Hall–Kier alpha value is -3.42. The lowest BCUT2D eigenvalue weighted by molar-refractivity contribution is 0.0471. The van der Waals surface area contributed by atoms with Crippen LogP contribution in [0, 0.1) is 0 Å². The number of methoxy groups -OCH3 is 3. The molecular formula is C21H22O8.